The lowest BCUT2D eigenvalue weighted by Crippen LogP contribution is -2.48. The second-order valence-corrected chi connectivity index (χ2v) is 9.25. The maximum Gasteiger partial charge on any atom is 0.244 e. The lowest BCUT2D eigenvalue weighted by Gasteiger charge is -2.33. The van der Waals surface area contributed by atoms with Crippen molar-refractivity contribution in [1.82, 2.24) is 19.2 Å². The number of pyridine rings is 1. The molecule has 4 rings (SSSR count). The van der Waals surface area contributed by atoms with Crippen molar-refractivity contribution in [1.29, 1.82) is 0 Å². The van der Waals surface area contributed by atoms with Gasteiger partial charge in [-0.05, 0) is 30.5 Å². The van der Waals surface area contributed by atoms with Crippen molar-refractivity contribution in [3.8, 4) is 10.8 Å². The highest BCUT2D eigenvalue weighted by Gasteiger charge is 2.29. The summed E-state index contributed by atoms with van der Waals surface area (Å²) in [6, 6.07) is 7.18. The van der Waals surface area contributed by atoms with Crippen LogP contribution in [0.1, 0.15) is 11.5 Å². The molecule has 1 saturated heterocycles. The van der Waals surface area contributed by atoms with Crippen LogP contribution in [0.3, 0.4) is 0 Å². The van der Waals surface area contributed by atoms with Gasteiger partial charge in [-0.25, -0.2) is 13.4 Å². The van der Waals surface area contributed by atoms with Gasteiger partial charge in [0.15, 0.2) is 0 Å². The zero-order valence-electron chi connectivity index (χ0n) is 14.9. The van der Waals surface area contributed by atoms with E-state index in [9.17, 15) is 8.42 Å². The molecule has 4 heterocycles. The van der Waals surface area contributed by atoms with E-state index in [-0.39, 0.29) is 4.90 Å². The van der Waals surface area contributed by atoms with Gasteiger partial charge in [0.1, 0.15) is 10.7 Å². The van der Waals surface area contributed by atoms with Gasteiger partial charge < -0.3 is 4.42 Å². The lowest BCUT2D eigenvalue weighted by molar-refractivity contribution is 0.179. The van der Waals surface area contributed by atoms with Crippen LogP contribution < -0.4 is 0 Å². The average Bonchev–Trinajstić information content (AvgIpc) is 3.33. The van der Waals surface area contributed by atoms with Crippen molar-refractivity contribution in [2.45, 2.75) is 18.4 Å². The summed E-state index contributed by atoms with van der Waals surface area (Å²) >= 11 is 1.60. The third-order valence-electron chi connectivity index (χ3n) is 4.60. The molecule has 0 atom stereocenters. The quantitative estimate of drug-likeness (QED) is 0.650. The first-order valence-electron chi connectivity index (χ1n) is 8.67. The monoisotopic (exact) mass is 404 g/mol. The Morgan fingerprint density at radius 3 is 2.67 bits per heavy atom. The number of hydrogen-bond donors (Lipinski definition) is 0. The topological polar surface area (TPSA) is 79.5 Å². The number of rotatable bonds is 5. The summed E-state index contributed by atoms with van der Waals surface area (Å²) in [5.74, 6) is 1.46. The van der Waals surface area contributed by atoms with Gasteiger partial charge in [0, 0.05) is 45.1 Å². The molecule has 0 spiro atoms. The van der Waals surface area contributed by atoms with Crippen LogP contribution in [0.15, 0.2) is 51.4 Å². The van der Waals surface area contributed by atoms with E-state index < -0.39 is 10.0 Å². The van der Waals surface area contributed by atoms with Crippen LogP contribution in [-0.2, 0) is 16.6 Å². The van der Waals surface area contributed by atoms with Gasteiger partial charge in [-0.1, -0.05) is 6.07 Å². The Morgan fingerprint density at radius 2 is 2.00 bits per heavy atom. The molecule has 1 fully saturated rings. The molecule has 0 aromatic carbocycles. The normalized spacial score (nSPS) is 16.6. The smallest absolute Gasteiger partial charge is 0.244 e. The van der Waals surface area contributed by atoms with Crippen molar-refractivity contribution in [2.24, 2.45) is 0 Å². The molecule has 0 saturated carbocycles. The van der Waals surface area contributed by atoms with Gasteiger partial charge in [0.2, 0.25) is 15.9 Å². The predicted octanol–water partition coefficient (Wildman–Crippen LogP) is 2.61. The van der Waals surface area contributed by atoms with Crippen molar-refractivity contribution in [3.63, 3.8) is 0 Å². The molecular formula is C18H20N4O3S2. The zero-order chi connectivity index (χ0) is 18.9. The first kappa shape index (κ1) is 18.3. The van der Waals surface area contributed by atoms with Crippen molar-refractivity contribution < 1.29 is 12.8 Å². The maximum absolute atomic E-state index is 12.7. The van der Waals surface area contributed by atoms with E-state index in [1.165, 1.54) is 10.5 Å². The highest BCUT2D eigenvalue weighted by molar-refractivity contribution is 7.89. The summed E-state index contributed by atoms with van der Waals surface area (Å²) < 4.78 is 32.7. The Hall–Kier alpha value is -2.07. The number of thiophene rings is 1. The Bertz CT molecular complexity index is 993. The van der Waals surface area contributed by atoms with Crippen LogP contribution in [0, 0.1) is 6.92 Å². The number of piperazine rings is 1. The molecule has 1 aliphatic rings. The molecular weight excluding hydrogens is 384 g/mol. The molecule has 7 nitrogen and oxygen atoms in total. The van der Waals surface area contributed by atoms with E-state index >= 15 is 0 Å². The molecule has 3 aromatic rings. The maximum atomic E-state index is 12.7. The highest BCUT2D eigenvalue weighted by atomic mass is 32.2. The second-order valence-electron chi connectivity index (χ2n) is 6.37. The molecule has 9 heteroatoms. The van der Waals surface area contributed by atoms with Gasteiger partial charge in [-0.15, -0.1) is 11.3 Å². The summed E-state index contributed by atoms with van der Waals surface area (Å²) in [6.07, 6.45) is 2.97. The number of nitrogens with zero attached hydrogens (tertiary/aromatic N) is 4. The Kier molecular flexibility index (Phi) is 5.09. The van der Waals surface area contributed by atoms with Gasteiger partial charge in [-0.3, -0.25) is 9.88 Å². The van der Waals surface area contributed by atoms with Crippen LogP contribution in [0.2, 0.25) is 0 Å². The van der Waals surface area contributed by atoms with Crippen LogP contribution >= 0.6 is 11.3 Å². The molecule has 0 N–H and O–H groups in total. The van der Waals surface area contributed by atoms with Crippen molar-refractivity contribution >= 4 is 21.4 Å². The molecule has 27 heavy (non-hydrogen) atoms. The first-order valence-corrected chi connectivity index (χ1v) is 11.0. The minimum atomic E-state index is -3.48. The fraction of sp³-hybridized carbons (Fsp3) is 0.333. The van der Waals surface area contributed by atoms with E-state index in [1.807, 2.05) is 24.4 Å². The predicted molar refractivity (Wildman–Crippen MR) is 103 cm³/mol. The van der Waals surface area contributed by atoms with E-state index in [0.29, 0.717) is 38.6 Å². The number of oxazole rings is 1. The fourth-order valence-corrected chi connectivity index (χ4v) is 5.10. The molecule has 142 valence electrons. The summed E-state index contributed by atoms with van der Waals surface area (Å²) in [4.78, 5) is 12.0. The third-order valence-corrected chi connectivity index (χ3v) is 7.34. The number of aryl methyl sites for hydroxylation is 1. The van der Waals surface area contributed by atoms with Crippen LogP contribution in [0.5, 0.6) is 0 Å². The van der Waals surface area contributed by atoms with Gasteiger partial charge in [0.25, 0.3) is 0 Å². The third kappa shape index (κ3) is 3.81. The van der Waals surface area contributed by atoms with Gasteiger partial charge in [0.05, 0.1) is 10.6 Å². The Morgan fingerprint density at radius 1 is 1.19 bits per heavy atom. The SMILES string of the molecule is Cc1oc(-c2cccs2)nc1CN1CCN(S(=O)(=O)c2cccnc2)CC1. The summed E-state index contributed by atoms with van der Waals surface area (Å²) in [6.45, 7) is 4.78. The van der Waals surface area contributed by atoms with Gasteiger partial charge >= 0.3 is 0 Å². The lowest BCUT2D eigenvalue weighted by atomic mass is 10.3. The molecule has 0 amide bonds. The van der Waals surface area contributed by atoms with E-state index in [4.69, 9.17) is 4.42 Å². The molecule has 3 aromatic heterocycles. The summed E-state index contributed by atoms with van der Waals surface area (Å²) in [7, 11) is -3.48. The number of sulfonamides is 1. The molecule has 0 radical (unpaired) electrons. The summed E-state index contributed by atoms with van der Waals surface area (Å²) in [5.41, 5.74) is 0.905. The van der Waals surface area contributed by atoms with E-state index in [2.05, 4.69) is 14.9 Å². The van der Waals surface area contributed by atoms with Crippen LogP contribution in [0.25, 0.3) is 10.8 Å². The standard InChI is InChI=1S/C18H20N4O3S2/c1-14-16(20-18(25-14)17-5-3-11-26-17)13-21-7-9-22(10-8-21)27(23,24)15-4-2-6-19-12-15/h2-6,11-12H,7-10,13H2,1H3. The first-order chi connectivity index (χ1) is 13.0. The van der Waals surface area contributed by atoms with Crippen LogP contribution in [0.4, 0.5) is 0 Å². The van der Waals surface area contributed by atoms with Crippen molar-refractivity contribution in [2.75, 3.05) is 26.2 Å². The molecule has 1 aliphatic heterocycles. The minimum absolute atomic E-state index is 0.242. The minimum Gasteiger partial charge on any atom is -0.440 e. The molecule has 0 aliphatic carbocycles. The number of hydrogen-bond acceptors (Lipinski definition) is 7. The number of aromatic nitrogens is 2. The molecule has 0 unspecified atom stereocenters. The Labute approximate surface area is 162 Å². The zero-order valence-corrected chi connectivity index (χ0v) is 16.5. The van der Waals surface area contributed by atoms with Gasteiger partial charge in [-0.2, -0.15) is 4.31 Å². The van der Waals surface area contributed by atoms with E-state index in [1.54, 1.807) is 29.7 Å². The second kappa shape index (κ2) is 7.51. The van der Waals surface area contributed by atoms with E-state index in [0.717, 1.165) is 16.3 Å². The Balaban J connectivity index is 1.40. The average molecular weight is 405 g/mol. The van der Waals surface area contributed by atoms with Crippen molar-refractivity contribution in [3.05, 3.63) is 53.5 Å². The summed E-state index contributed by atoms with van der Waals surface area (Å²) in [5, 5.41) is 2.00. The highest BCUT2D eigenvalue weighted by Crippen LogP contribution is 2.26. The van der Waals surface area contributed by atoms with Crippen LogP contribution in [-0.4, -0.2) is 53.8 Å². The fourth-order valence-electron chi connectivity index (χ4n) is 3.07. The largest absolute Gasteiger partial charge is 0.440 e. The molecule has 0 bridgehead atoms.